The molecule has 0 bridgehead atoms. The van der Waals surface area contributed by atoms with Crippen molar-refractivity contribution < 1.29 is 29.0 Å². The van der Waals surface area contributed by atoms with Crippen LogP contribution < -0.4 is 5.43 Å². The van der Waals surface area contributed by atoms with Gasteiger partial charge in [0.2, 0.25) is 0 Å². The van der Waals surface area contributed by atoms with Gasteiger partial charge >= 0.3 is 17.9 Å². The molecule has 0 aromatic heterocycles. The fourth-order valence-corrected chi connectivity index (χ4v) is 2.00. The minimum absolute atomic E-state index is 0. The van der Waals surface area contributed by atoms with Crippen LogP contribution in [0.4, 0.5) is 0 Å². The molecule has 0 aliphatic rings. The summed E-state index contributed by atoms with van der Waals surface area (Å²) in [6, 6.07) is 0. The first-order valence-electron chi connectivity index (χ1n) is 10.3. The summed E-state index contributed by atoms with van der Waals surface area (Å²) in [5, 5.41) is 12.2. The molecule has 0 unspecified atom stereocenters. The number of likely N-dealkylation sites (N-methyl/N-ethyl adjacent to an activating group) is 1. The van der Waals surface area contributed by atoms with Gasteiger partial charge in [0, 0.05) is 43.4 Å². The molecule has 0 aromatic carbocycles. The molecule has 0 fully saturated rings. The molecular formula is C22H42ClN3O6. The van der Waals surface area contributed by atoms with Crippen LogP contribution in [0.25, 0.3) is 0 Å². The number of ether oxygens (including phenoxy) is 2. The fourth-order valence-electron chi connectivity index (χ4n) is 2.00. The van der Waals surface area contributed by atoms with Crippen LogP contribution in [0.3, 0.4) is 0 Å². The van der Waals surface area contributed by atoms with Crippen molar-refractivity contribution in [3.8, 4) is 0 Å². The second-order valence-electron chi connectivity index (χ2n) is 5.92. The highest BCUT2D eigenvalue weighted by molar-refractivity contribution is 5.88. The fraction of sp³-hybridized carbons (Fsp3) is 0.591. The zero-order chi connectivity index (χ0) is 24.8. The van der Waals surface area contributed by atoms with E-state index in [0.717, 1.165) is 32.1 Å². The third-order valence-electron chi connectivity index (χ3n) is 3.50. The Morgan fingerprint density at radius 2 is 1.59 bits per heavy atom. The number of esters is 2. The number of carboxylic acid groups (broad SMARTS) is 1. The van der Waals surface area contributed by atoms with E-state index in [2.05, 4.69) is 34.6 Å². The Hall–Kier alpha value is -2.20. The summed E-state index contributed by atoms with van der Waals surface area (Å²) in [5.41, 5.74) is 3.97. The smallest absolute Gasteiger partial charge is 0.334 e. The lowest BCUT2D eigenvalue weighted by Crippen LogP contribution is -2.51. The van der Waals surface area contributed by atoms with Gasteiger partial charge in [-0.1, -0.05) is 46.9 Å². The van der Waals surface area contributed by atoms with Crippen molar-refractivity contribution in [2.24, 2.45) is 0 Å². The summed E-state index contributed by atoms with van der Waals surface area (Å²) in [6.45, 7) is 23.4. The number of carbonyl (C=O) groups excluding carboxylic acids is 2. The number of rotatable bonds is 13. The van der Waals surface area contributed by atoms with Crippen molar-refractivity contribution in [3.63, 3.8) is 0 Å². The normalized spacial score (nSPS) is 9.25. The summed E-state index contributed by atoms with van der Waals surface area (Å²) in [6.07, 6.45) is 2.59. The molecule has 10 heteroatoms. The average Bonchev–Trinajstić information content (AvgIpc) is 2.76. The Morgan fingerprint density at radius 1 is 1.03 bits per heavy atom. The van der Waals surface area contributed by atoms with Gasteiger partial charge in [-0.25, -0.2) is 24.8 Å². The highest BCUT2D eigenvalue weighted by Gasteiger charge is 2.16. The maximum absolute atomic E-state index is 11.2. The summed E-state index contributed by atoms with van der Waals surface area (Å²) < 4.78 is 9.06. The predicted molar refractivity (Wildman–Crippen MR) is 130 cm³/mol. The summed E-state index contributed by atoms with van der Waals surface area (Å²) in [7, 11) is 1.37. The minimum atomic E-state index is -0.883. The summed E-state index contributed by atoms with van der Waals surface area (Å²) in [5.74, 6) is -1.60. The number of hydrogen-bond donors (Lipinski definition) is 2. The van der Waals surface area contributed by atoms with Crippen LogP contribution in [0.5, 0.6) is 0 Å². The van der Waals surface area contributed by atoms with E-state index in [9.17, 15) is 14.4 Å². The molecule has 2 N–H and O–H groups in total. The molecular weight excluding hydrogens is 438 g/mol. The first-order valence-corrected chi connectivity index (χ1v) is 10.3. The van der Waals surface area contributed by atoms with Gasteiger partial charge in [-0.3, -0.25) is 0 Å². The Labute approximate surface area is 199 Å². The molecule has 0 aliphatic heterocycles. The molecule has 0 atom stereocenters. The number of nitrogens with one attached hydrogen (secondary N) is 1. The van der Waals surface area contributed by atoms with Crippen LogP contribution >= 0.6 is 12.4 Å². The molecule has 9 nitrogen and oxygen atoms in total. The van der Waals surface area contributed by atoms with E-state index in [1.165, 1.54) is 7.11 Å². The molecule has 0 saturated carbocycles. The maximum Gasteiger partial charge on any atom is 0.334 e. The molecule has 0 spiro atoms. The molecule has 0 amide bonds. The van der Waals surface area contributed by atoms with Crippen LogP contribution in [0.2, 0.25) is 0 Å². The summed E-state index contributed by atoms with van der Waals surface area (Å²) in [4.78, 5) is 31.3. The molecule has 0 aromatic rings. The molecule has 0 rings (SSSR count). The summed E-state index contributed by atoms with van der Waals surface area (Å²) >= 11 is 0. The van der Waals surface area contributed by atoms with Crippen LogP contribution in [0, 0.1) is 0 Å². The lowest BCUT2D eigenvalue weighted by molar-refractivity contribution is -0.138. The number of methoxy groups -OCH3 is 1. The van der Waals surface area contributed by atoms with E-state index in [-0.39, 0.29) is 24.3 Å². The number of nitrogens with zero attached hydrogens (tertiary/aromatic N) is 2. The molecule has 32 heavy (non-hydrogen) atoms. The lowest BCUT2D eigenvalue weighted by atomic mass is 10.2. The first-order chi connectivity index (χ1) is 14.6. The monoisotopic (exact) mass is 479 g/mol. The Balaban J connectivity index is -0.000000206. The molecule has 0 saturated heterocycles. The Kier molecular flexibility index (Phi) is 29.1. The van der Waals surface area contributed by atoms with E-state index in [1.54, 1.807) is 6.92 Å². The number of carboxylic acids is 1. The molecule has 0 heterocycles. The lowest BCUT2D eigenvalue weighted by Gasteiger charge is -2.33. The van der Waals surface area contributed by atoms with Crippen molar-refractivity contribution in [2.75, 3.05) is 39.9 Å². The third-order valence-corrected chi connectivity index (χ3v) is 3.50. The number of carbonyl (C=O) groups is 3. The first kappa shape index (κ1) is 37.1. The second kappa shape index (κ2) is 25.1. The number of aliphatic carboxylic acids is 1. The number of hydrogen-bond acceptors (Lipinski definition) is 8. The van der Waals surface area contributed by atoms with E-state index >= 15 is 0 Å². The number of hydrazine groups is 2. The zero-order valence-corrected chi connectivity index (χ0v) is 21.3. The highest BCUT2D eigenvalue weighted by atomic mass is 35.5. The van der Waals surface area contributed by atoms with Gasteiger partial charge in [0.15, 0.2) is 0 Å². The van der Waals surface area contributed by atoms with E-state index in [1.807, 2.05) is 37.8 Å². The van der Waals surface area contributed by atoms with Gasteiger partial charge in [-0.05, 0) is 20.3 Å². The largest absolute Gasteiger partial charge is 0.478 e. The SMILES string of the molecule is C=C(CCC)C(=O)O.C=C(CN(CC)N(CC)NCC)C(=O)OC.C=CC(=O)OCC.Cl. The average molecular weight is 480 g/mol. The van der Waals surface area contributed by atoms with E-state index < -0.39 is 5.97 Å². The quantitative estimate of drug-likeness (QED) is 0.233. The van der Waals surface area contributed by atoms with Crippen LogP contribution in [0.1, 0.15) is 47.5 Å². The second-order valence-corrected chi connectivity index (χ2v) is 5.92. The van der Waals surface area contributed by atoms with Crippen LogP contribution in [-0.4, -0.2) is 73.0 Å². The van der Waals surface area contributed by atoms with Gasteiger partial charge in [-0.2, -0.15) is 5.12 Å². The Morgan fingerprint density at radius 3 is 1.84 bits per heavy atom. The maximum atomic E-state index is 11.2. The predicted octanol–water partition coefficient (Wildman–Crippen LogP) is 3.38. The minimum Gasteiger partial charge on any atom is -0.478 e. The van der Waals surface area contributed by atoms with Gasteiger partial charge < -0.3 is 14.6 Å². The molecule has 188 valence electrons. The third kappa shape index (κ3) is 21.0. The van der Waals surface area contributed by atoms with Crippen LogP contribution in [-0.2, 0) is 23.9 Å². The van der Waals surface area contributed by atoms with Gasteiger partial charge in [0.1, 0.15) is 0 Å². The number of halogens is 1. The highest BCUT2D eigenvalue weighted by Crippen LogP contribution is 2.02. The standard InChI is InChI=1S/C11H23N3O2.C6H10O2.C5H8O2.ClH/c1-6-12-14(8-3)13(7-2)9-10(4)11(15)16-5;1-3-4-5(2)6(7)8;1-3-5(6)7-4-2;/h12H,4,6-9H2,1-3,5H3;2-4H2,1H3,(H,7,8);3H,1,4H2,2H3;1H. The van der Waals surface area contributed by atoms with Gasteiger partial charge in [-0.15, -0.1) is 12.4 Å². The van der Waals surface area contributed by atoms with Crippen molar-refractivity contribution in [2.45, 2.75) is 47.5 Å². The molecule has 0 radical (unpaired) electrons. The van der Waals surface area contributed by atoms with Crippen molar-refractivity contribution in [3.05, 3.63) is 37.0 Å². The zero-order valence-electron chi connectivity index (χ0n) is 20.4. The van der Waals surface area contributed by atoms with E-state index in [4.69, 9.17) is 5.11 Å². The molecule has 0 aliphatic carbocycles. The van der Waals surface area contributed by atoms with E-state index in [0.29, 0.717) is 30.7 Å². The van der Waals surface area contributed by atoms with Crippen molar-refractivity contribution in [1.82, 2.24) is 15.6 Å². The van der Waals surface area contributed by atoms with Gasteiger partial charge in [0.05, 0.1) is 13.7 Å². The van der Waals surface area contributed by atoms with Crippen molar-refractivity contribution >= 4 is 30.3 Å². The van der Waals surface area contributed by atoms with Crippen LogP contribution in [0.15, 0.2) is 37.0 Å². The van der Waals surface area contributed by atoms with Crippen molar-refractivity contribution in [1.29, 1.82) is 0 Å². The van der Waals surface area contributed by atoms with Gasteiger partial charge in [0.25, 0.3) is 0 Å². The topological polar surface area (TPSA) is 108 Å². The Bertz CT molecular complexity index is 570.